The number of hydrogen-bond donors (Lipinski definition) is 1. The van der Waals surface area contributed by atoms with Crippen molar-refractivity contribution in [3.8, 4) is 22.8 Å². The minimum Gasteiger partial charge on any atom is -0.487 e. The molecule has 0 radical (unpaired) electrons. The van der Waals surface area contributed by atoms with E-state index in [-0.39, 0.29) is 17.6 Å². The molecule has 3 heterocycles. The van der Waals surface area contributed by atoms with E-state index in [0.29, 0.717) is 23.7 Å². The van der Waals surface area contributed by atoms with Crippen LogP contribution in [0.1, 0.15) is 36.9 Å². The van der Waals surface area contributed by atoms with Crippen LogP contribution in [0.3, 0.4) is 0 Å². The van der Waals surface area contributed by atoms with Gasteiger partial charge in [0.2, 0.25) is 5.43 Å². The zero-order valence-corrected chi connectivity index (χ0v) is 18.9. The monoisotopic (exact) mass is 458 g/mol. The van der Waals surface area contributed by atoms with Crippen LogP contribution < -0.4 is 10.2 Å². The summed E-state index contributed by atoms with van der Waals surface area (Å²) in [7, 11) is 1.83. The van der Waals surface area contributed by atoms with Gasteiger partial charge in [-0.05, 0) is 37.3 Å². The van der Waals surface area contributed by atoms with Gasteiger partial charge >= 0.3 is 0 Å². The Morgan fingerprint density at radius 1 is 1.09 bits per heavy atom. The largest absolute Gasteiger partial charge is 0.487 e. The Labute approximate surface area is 196 Å². The number of rotatable bonds is 6. The summed E-state index contributed by atoms with van der Waals surface area (Å²) in [5.74, 6) is 1.22. The molecule has 1 aromatic carbocycles. The van der Waals surface area contributed by atoms with Gasteiger partial charge in [-0.3, -0.25) is 9.48 Å². The van der Waals surface area contributed by atoms with Crippen molar-refractivity contribution in [3.63, 3.8) is 0 Å². The van der Waals surface area contributed by atoms with E-state index < -0.39 is 0 Å². The molecule has 0 unspecified atom stereocenters. The molecule has 0 aliphatic heterocycles. The van der Waals surface area contributed by atoms with Gasteiger partial charge in [-0.2, -0.15) is 10.2 Å². The highest BCUT2D eigenvalue weighted by Gasteiger charge is 2.21. The van der Waals surface area contributed by atoms with Crippen LogP contribution in [0.5, 0.6) is 5.75 Å². The van der Waals surface area contributed by atoms with E-state index in [2.05, 4.69) is 20.2 Å². The molecule has 9 nitrogen and oxygen atoms in total. The smallest absolute Gasteiger partial charge is 0.203 e. The second-order valence-electron chi connectivity index (χ2n) is 8.61. The van der Waals surface area contributed by atoms with Crippen molar-refractivity contribution in [3.05, 3.63) is 82.8 Å². The number of aromatic nitrogens is 6. The fraction of sp³-hybridized carbons (Fsp3) is 0.320. The van der Waals surface area contributed by atoms with Gasteiger partial charge in [-0.15, -0.1) is 0 Å². The Kier molecular flexibility index (Phi) is 6.18. The van der Waals surface area contributed by atoms with E-state index in [0.717, 1.165) is 42.5 Å². The molecule has 1 aliphatic rings. The van der Waals surface area contributed by atoms with Gasteiger partial charge in [0, 0.05) is 31.3 Å². The van der Waals surface area contributed by atoms with Crippen LogP contribution in [0.15, 0.2) is 66.1 Å². The molecule has 34 heavy (non-hydrogen) atoms. The maximum atomic E-state index is 12.4. The molecule has 1 aliphatic carbocycles. The van der Waals surface area contributed by atoms with Crippen LogP contribution in [0.4, 0.5) is 0 Å². The lowest BCUT2D eigenvalue weighted by molar-refractivity contribution is 0.0662. The van der Waals surface area contributed by atoms with Gasteiger partial charge < -0.3 is 9.84 Å². The van der Waals surface area contributed by atoms with E-state index in [1.54, 1.807) is 34.2 Å². The maximum Gasteiger partial charge on any atom is 0.203 e. The summed E-state index contributed by atoms with van der Waals surface area (Å²) < 4.78 is 9.32. The van der Waals surface area contributed by atoms with E-state index in [4.69, 9.17) is 4.74 Å². The summed E-state index contributed by atoms with van der Waals surface area (Å²) in [5.41, 5.74) is 2.92. The summed E-state index contributed by atoms with van der Waals surface area (Å²) in [6.45, 7) is 0. The summed E-state index contributed by atoms with van der Waals surface area (Å²) >= 11 is 0. The van der Waals surface area contributed by atoms with Crippen LogP contribution in [0.2, 0.25) is 0 Å². The molecule has 0 atom stereocenters. The average molecular weight is 459 g/mol. The molecule has 5 rings (SSSR count). The first-order chi connectivity index (χ1) is 16.5. The van der Waals surface area contributed by atoms with Crippen molar-refractivity contribution in [2.45, 2.75) is 44.3 Å². The van der Waals surface area contributed by atoms with Gasteiger partial charge in [0.15, 0.2) is 11.6 Å². The van der Waals surface area contributed by atoms with E-state index in [1.165, 1.54) is 6.07 Å². The number of ether oxygens (including phenoxy) is 1. The number of hydrogen-bond acceptors (Lipinski definition) is 7. The van der Waals surface area contributed by atoms with Gasteiger partial charge in [0.1, 0.15) is 11.4 Å². The van der Waals surface area contributed by atoms with Crippen molar-refractivity contribution in [1.29, 1.82) is 0 Å². The molecule has 3 aromatic heterocycles. The Hall–Kier alpha value is -3.85. The highest BCUT2D eigenvalue weighted by Crippen LogP contribution is 2.24. The Morgan fingerprint density at radius 3 is 2.62 bits per heavy atom. The second kappa shape index (κ2) is 9.56. The minimum absolute atomic E-state index is 0.0928. The summed E-state index contributed by atoms with van der Waals surface area (Å²) in [5, 5.41) is 18.3. The molecule has 1 fully saturated rings. The maximum absolute atomic E-state index is 12.4. The first kappa shape index (κ1) is 22.0. The Bertz CT molecular complexity index is 1320. The predicted molar refractivity (Wildman–Crippen MR) is 126 cm³/mol. The van der Waals surface area contributed by atoms with E-state index in [9.17, 15) is 9.90 Å². The molecule has 1 saturated carbocycles. The SMILES string of the molecule is Cn1cc(-n2ccc(=O)c(Cc3cccc(-c4ncc(OC5CCC(O)CC5)cn4)c3)n2)cn1. The predicted octanol–water partition coefficient (Wildman–Crippen LogP) is 2.70. The zero-order chi connectivity index (χ0) is 23.5. The van der Waals surface area contributed by atoms with Crippen LogP contribution in [0, 0.1) is 0 Å². The first-order valence-corrected chi connectivity index (χ1v) is 11.4. The average Bonchev–Trinajstić information content (AvgIpc) is 3.29. The van der Waals surface area contributed by atoms with Crippen LogP contribution in [-0.2, 0) is 13.5 Å². The van der Waals surface area contributed by atoms with Crippen molar-refractivity contribution in [1.82, 2.24) is 29.5 Å². The third-order valence-corrected chi connectivity index (χ3v) is 5.97. The molecule has 4 aromatic rings. The van der Waals surface area contributed by atoms with Gasteiger partial charge in [0.05, 0.1) is 37.0 Å². The molecule has 174 valence electrons. The normalized spacial score (nSPS) is 18.1. The summed E-state index contributed by atoms with van der Waals surface area (Å²) in [6.07, 6.45) is 12.0. The van der Waals surface area contributed by atoms with Gasteiger partial charge in [-0.25, -0.2) is 14.6 Å². The van der Waals surface area contributed by atoms with E-state index in [1.807, 2.05) is 37.5 Å². The topological polar surface area (TPSA) is 108 Å². The zero-order valence-electron chi connectivity index (χ0n) is 18.9. The summed E-state index contributed by atoms with van der Waals surface area (Å²) in [6, 6.07) is 9.32. The lowest BCUT2D eigenvalue weighted by atomic mass is 9.95. The minimum atomic E-state index is -0.213. The van der Waals surface area contributed by atoms with Gasteiger partial charge in [-0.1, -0.05) is 18.2 Å². The second-order valence-corrected chi connectivity index (χ2v) is 8.61. The quantitative estimate of drug-likeness (QED) is 0.473. The third kappa shape index (κ3) is 5.04. The van der Waals surface area contributed by atoms with Crippen LogP contribution >= 0.6 is 0 Å². The first-order valence-electron chi connectivity index (χ1n) is 11.4. The fourth-order valence-corrected chi connectivity index (χ4v) is 4.14. The molecule has 0 bridgehead atoms. The molecule has 1 N–H and O–H groups in total. The molecule has 0 saturated heterocycles. The number of aryl methyl sites for hydroxylation is 1. The number of benzene rings is 1. The highest BCUT2D eigenvalue weighted by molar-refractivity contribution is 5.56. The van der Waals surface area contributed by atoms with Crippen LogP contribution in [0.25, 0.3) is 17.1 Å². The van der Waals surface area contributed by atoms with E-state index >= 15 is 0 Å². The highest BCUT2D eigenvalue weighted by atomic mass is 16.5. The Balaban J connectivity index is 1.31. The van der Waals surface area contributed by atoms with Crippen molar-refractivity contribution in [2.24, 2.45) is 7.05 Å². The van der Waals surface area contributed by atoms with Gasteiger partial charge in [0.25, 0.3) is 0 Å². The molecular formula is C25H26N6O3. The molecule has 0 amide bonds. The lowest BCUT2D eigenvalue weighted by Crippen LogP contribution is -2.26. The molecule has 9 heteroatoms. The van der Waals surface area contributed by atoms with Crippen molar-refractivity contribution >= 4 is 0 Å². The molecule has 0 spiro atoms. The fourth-order valence-electron chi connectivity index (χ4n) is 4.14. The lowest BCUT2D eigenvalue weighted by Gasteiger charge is -2.25. The number of aliphatic hydroxyl groups excluding tert-OH is 1. The summed E-state index contributed by atoms with van der Waals surface area (Å²) in [4.78, 5) is 21.4. The standard InChI is InChI=1S/C25H26N6O3/c1-30-16-19(13-28-30)31-10-9-24(33)23(29-31)12-17-3-2-4-18(11-17)25-26-14-22(15-27-25)34-21-7-5-20(32)6-8-21/h2-4,9-11,13-16,20-21,32H,5-8,12H2,1H3. The van der Waals surface area contributed by atoms with Crippen molar-refractivity contribution in [2.75, 3.05) is 0 Å². The van der Waals surface area contributed by atoms with Crippen LogP contribution in [-0.4, -0.2) is 46.8 Å². The molecular weight excluding hydrogens is 432 g/mol. The Morgan fingerprint density at radius 2 is 1.88 bits per heavy atom. The number of aliphatic hydroxyl groups is 1. The van der Waals surface area contributed by atoms with Crippen molar-refractivity contribution < 1.29 is 9.84 Å². The third-order valence-electron chi connectivity index (χ3n) is 5.97. The number of nitrogens with zero attached hydrogens (tertiary/aromatic N) is 6.